The number of hydrogen-bond donors (Lipinski definition) is 1. The molecule has 3 rings (SSSR count). The van der Waals surface area contributed by atoms with Crippen molar-refractivity contribution >= 4 is 11.4 Å². The Morgan fingerprint density at radius 1 is 1.11 bits per heavy atom. The number of hydrogen-bond acceptors (Lipinski definition) is 2. The summed E-state index contributed by atoms with van der Waals surface area (Å²) in [7, 11) is 4.16. The van der Waals surface area contributed by atoms with Gasteiger partial charge in [-0.15, -0.1) is 0 Å². The lowest BCUT2D eigenvalue weighted by atomic mass is 9.89. The summed E-state index contributed by atoms with van der Waals surface area (Å²) in [5.41, 5.74) is 2.53. The van der Waals surface area contributed by atoms with E-state index in [2.05, 4.69) is 48.6 Å². The predicted molar refractivity (Wildman–Crippen MR) is 78.2 cm³/mol. The van der Waals surface area contributed by atoms with Crippen LogP contribution in [0, 0.1) is 17.8 Å². The first kappa shape index (κ1) is 11.9. The van der Waals surface area contributed by atoms with Gasteiger partial charge in [-0.1, -0.05) is 6.42 Å². The van der Waals surface area contributed by atoms with Gasteiger partial charge < -0.3 is 10.2 Å². The van der Waals surface area contributed by atoms with Gasteiger partial charge in [-0.3, -0.25) is 0 Å². The van der Waals surface area contributed by atoms with E-state index in [9.17, 15) is 0 Å². The van der Waals surface area contributed by atoms with Crippen LogP contribution in [0.2, 0.25) is 0 Å². The Balaban J connectivity index is 1.54. The average molecular weight is 244 g/mol. The quantitative estimate of drug-likeness (QED) is 0.870. The molecule has 2 bridgehead atoms. The highest BCUT2D eigenvalue weighted by Crippen LogP contribution is 2.48. The molecule has 2 aliphatic carbocycles. The molecule has 2 fully saturated rings. The first-order valence-corrected chi connectivity index (χ1v) is 7.23. The van der Waals surface area contributed by atoms with Crippen molar-refractivity contribution in [1.82, 2.24) is 0 Å². The molecule has 3 unspecified atom stereocenters. The van der Waals surface area contributed by atoms with Crippen LogP contribution in [0.5, 0.6) is 0 Å². The number of fused-ring (bicyclic) bond motifs is 2. The van der Waals surface area contributed by atoms with Crippen molar-refractivity contribution in [3.63, 3.8) is 0 Å². The maximum Gasteiger partial charge on any atom is 0.0362 e. The first-order chi connectivity index (χ1) is 8.72. The van der Waals surface area contributed by atoms with E-state index in [0.29, 0.717) is 0 Å². The summed E-state index contributed by atoms with van der Waals surface area (Å²) < 4.78 is 0. The SMILES string of the molecule is CN(C)c1ccc(NCC2CC3CCC2C3)cc1. The van der Waals surface area contributed by atoms with Gasteiger partial charge >= 0.3 is 0 Å². The Morgan fingerprint density at radius 3 is 2.44 bits per heavy atom. The Labute approximate surface area is 110 Å². The fourth-order valence-electron chi connectivity index (χ4n) is 3.75. The maximum atomic E-state index is 3.62. The lowest BCUT2D eigenvalue weighted by molar-refractivity contribution is 0.348. The summed E-state index contributed by atoms with van der Waals surface area (Å²) >= 11 is 0. The minimum atomic E-state index is 0.928. The van der Waals surface area contributed by atoms with Crippen LogP contribution in [0.1, 0.15) is 25.7 Å². The maximum absolute atomic E-state index is 3.62. The van der Waals surface area contributed by atoms with Crippen molar-refractivity contribution in [3.8, 4) is 0 Å². The molecule has 2 nitrogen and oxygen atoms in total. The third-order valence-corrected chi connectivity index (χ3v) is 4.84. The lowest BCUT2D eigenvalue weighted by Gasteiger charge is -2.22. The summed E-state index contributed by atoms with van der Waals surface area (Å²) in [6, 6.07) is 8.76. The van der Waals surface area contributed by atoms with Gasteiger partial charge in [0.1, 0.15) is 0 Å². The van der Waals surface area contributed by atoms with Gasteiger partial charge in [0, 0.05) is 32.0 Å². The molecule has 0 aromatic heterocycles. The topological polar surface area (TPSA) is 15.3 Å². The molecule has 1 aromatic carbocycles. The van der Waals surface area contributed by atoms with Crippen molar-refractivity contribution in [3.05, 3.63) is 24.3 Å². The number of benzene rings is 1. The Hall–Kier alpha value is -1.18. The van der Waals surface area contributed by atoms with E-state index in [1.165, 1.54) is 43.6 Å². The van der Waals surface area contributed by atoms with Gasteiger partial charge in [0.15, 0.2) is 0 Å². The van der Waals surface area contributed by atoms with Gasteiger partial charge in [-0.05, 0) is 61.3 Å². The van der Waals surface area contributed by atoms with Crippen LogP contribution < -0.4 is 10.2 Å². The highest BCUT2D eigenvalue weighted by Gasteiger charge is 2.38. The molecule has 0 heterocycles. The van der Waals surface area contributed by atoms with E-state index >= 15 is 0 Å². The second-order valence-electron chi connectivity index (χ2n) is 6.26. The van der Waals surface area contributed by atoms with E-state index in [1.807, 2.05) is 0 Å². The van der Waals surface area contributed by atoms with Crippen molar-refractivity contribution in [2.45, 2.75) is 25.7 Å². The minimum Gasteiger partial charge on any atom is -0.385 e. The standard InChI is InChI=1S/C16H24N2/c1-18(2)16-7-5-15(6-8-16)17-11-14-10-12-3-4-13(14)9-12/h5-8,12-14,17H,3-4,9-11H2,1-2H3. The lowest BCUT2D eigenvalue weighted by Crippen LogP contribution is -2.20. The number of nitrogens with zero attached hydrogens (tertiary/aromatic N) is 1. The van der Waals surface area contributed by atoms with Crippen LogP contribution in [-0.2, 0) is 0 Å². The summed E-state index contributed by atoms with van der Waals surface area (Å²) in [5, 5.41) is 3.62. The molecule has 2 saturated carbocycles. The van der Waals surface area contributed by atoms with E-state index in [-0.39, 0.29) is 0 Å². The third kappa shape index (κ3) is 2.33. The Bertz CT molecular complexity index is 396. The van der Waals surface area contributed by atoms with Gasteiger partial charge in [-0.2, -0.15) is 0 Å². The van der Waals surface area contributed by atoms with E-state index in [1.54, 1.807) is 0 Å². The molecule has 98 valence electrons. The zero-order valence-electron chi connectivity index (χ0n) is 11.5. The molecule has 1 aromatic rings. The van der Waals surface area contributed by atoms with Crippen molar-refractivity contribution in [2.75, 3.05) is 30.9 Å². The van der Waals surface area contributed by atoms with Crippen molar-refractivity contribution in [1.29, 1.82) is 0 Å². The molecule has 18 heavy (non-hydrogen) atoms. The van der Waals surface area contributed by atoms with Crippen LogP contribution >= 0.6 is 0 Å². The van der Waals surface area contributed by atoms with Gasteiger partial charge in [0.25, 0.3) is 0 Å². The highest BCUT2D eigenvalue weighted by molar-refractivity contribution is 5.54. The molecule has 0 radical (unpaired) electrons. The monoisotopic (exact) mass is 244 g/mol. The van der Waals surface area contributed by atoms with E-state index in [4.69, 9.17) is 0 Å². The minimum absolute atomic E-state index is 0.928. The number of nitrogens with one attached hydrogen (secondary N) is 1. The second kappa shape index (κ2) is 4.83. The highest BCUT2D eigenvalue weighted by atomic mass is 15.1. The third-order valence-electron chi connectivity index (χ3n) is 4.84. The fourth-order valence-corrected chi connectivity index (χ4v) is 3.75. The molecule has 0 saturated heterocycles. The van der Waals surface area contributed by atoms with E-state index < -0.39 is 0 Å². The molecular weight excluding hydrogens is 220 g/mol. The summed E-state index contributed by atoms with van der Waals surface area (Å²) in [5.74, 6) is 3.00. The number of rotatable bonds is 4. The zero-order valence-corrected chi connectivity index (χ0v) is 11.5. The van der Waals surface area contributed by atoms with E-state index in [0.717, 1.165) is 17.8 Å². The molecule has 0 amide bonds. The first-order valence-electron chi connectivity index (χ1n) is 7.23. The molecule has 1 N–H and O–H groups in total. The largest absolute Gasteiger partial charge is 0.385 e. The fraction of sp³-hybridized carbons (Fsp3) is 0.625. The molecule has 0 aliphatic heterocycles. The van der Waals surface area contributed by atoms with Crippen LogP contribution in [0.15, 0.2) is 24.3 Å². The summed E-state index contributed by atoms with van der Waals surface area (Å²) in [6.45, 7) is 1.17. The van der Waals surface area contributed by atoms with Gasteiger partial charge in [0.05, 0.1) is 0 Å². The van der Waals surface area contributed by atoms with Crippen molar-refractivity contribution < 1.29 is 0 Å². The smallest absolute Gasteiger partial charge is 0.0362 e. The molecular formula is C16H24N2. The molecule has 2 aliphatic rings. The van der Waals surface area contributed by atoms with Gasteiger partial charge in [-0.25, -0.2) is 0 Å². The Morgan fingerprint density at radius 2 is 1.89 bits per heavy atom. The van der Waals surface area contributed by atoms with Crippen LogP contribution in [0.4, 0.5) is 11.4 Å². The molecule has 0 spiro atoms. The predicted octanol–water partition coefficient (Wildman–Crippen LogP) is 3.60. The van der Waals surface area contributed by atoms with Crippen LogP contribution in [0.3, 0.4) is 0 Å². The summed E-state index contributed by atoms with van der Waals surface area (Å²) in [6.07, 6.45) is 5.95. The normalized spacial score (nSPS) is 29.6. The van der Waals surface area contributed by atoms with Gasteiger partial charge in [0.2, 0.25) is 0 Å². The van der Waals surface area contributed by atoms with Crippen molar-refractivity contribution in [2.24, 2.45) is 17.8 Å². The van der Waals surface area contributed by atoms with Crippen LogP contribution in [-0.4, -0.2) is 20.6 Å². The average Bonchev–Trinajstić information content (AvgIpc) is 2.99. The zero-order chi connectivity index (χ0) is 12.5. The Kier molecular flexibility index (Phi) is 3.19. The van der Waals surface area contributed by atoms with Crippen LogP contribution in [0.25, 0.3) is 0 Å². The number of anilines is 2. The summed E-state index contributed by atoms with van der Waals surface area (Å²) in [4.78, 5) is 2.14. The second-order valence-corrected chi connectivity index (χ2v) is 6.26. The molecule has 2 heteroatoms. The molecule has 3 atom stereocenters.